The molecule has 0 fully saturated rings. The normalized spacial score (nSPS) is 11.8. The van der Waals surface area contributed by atoms with Gasteiger partial charge in [-0.05, 0) is 19.3 Å². The zero-order chi connectivity index (χ0) is 36.0. The van der Waals surface area contributed by atoms with Crippen molar-refractivity contribution in [3.8, 4) is 0 Å². The maximum absolute atomic E-state index is 12.3. The molecule has 0 aromatic carbocycles. The van der Waals surface area contributed by atoms with Gasteiger partial charge in [0.15, 0.2) is 0 Å². The minimum atomic E-state index is -0.917. The van der Waals surface area contributed by atoms with Crippen LogP contribution in [0.15, 0.2) is 0 Å². The standard InChI is InChI=1S/C36H67BrN2O10/c1-2-3-4-5-6-7-8-9-10-11-12-16-33(40)30-32(36(43)44)15-13-14-18-38-34(41)17-20-45-22-24-47-26-28-49-29-27-48-25-23-46-21-19-39-35(42)31-37/h32H,2-31H2,1H3,(H,38,41)(H,39,42)(H,43,44). The zero-order valence-electron chi connectivity index (χ0n) is 30.3. The second-order valence-corrected chi connectivity index (χ2v) is 12.8. The van der Waals surface area contributed by atoms with Crippen LogP contribution in [0.25, 0.3) is 0 Å². The number of unbranched alkanes of at least 4 members (excludes halogenated alkanes) is 11. The largest absolute Gasteiger partial charge is 0.481 e. The Morgan fingerprint density at radius 2 is 1.02 bits per heavy atom. The van der Waals surface area contributed by atoms with Gasteiger partial charge in [-0.1, -0.05) is 93.5 Å². The maximum atomic E-state index is 12.3. The third kappa shape index (κ3) is 36.0. The third-order valence-corrected chi connectivity index (χ3v) is 8.34. The molecule has 0 aliphatic rings. The van der Waals surface area contributed by atoms with Crippen LogP contribution in [0.3, 0.4) is 0 Å². The highest BCUT2D eigenvalue weighted by Crippen LogP contribution is 2.17. The molecule has 0 saturated carbocycles. The number of Topliss-reactive ketones (excluding diaryl/α,β-unsaturated/α-hetero) is 1. The predicted octanol–water partition coefficient (Wildman–Crippen LogP) is 5.62. The second-order valence-electron chi connectivity index (χ2n) is 12.2. The van der Waals surface area contributed by atoms with Gasteiger partial charge in [0.1, 0.15) is 5.78 Å². The molecule has 288 valence electrons. The van der Waals surface area contributed by atoms with Crippen molar-refractivity contribution in [1.29, 1.82) is 0 Å². The van der Waals surface area contributed by atoms with Gasteiger partial charge >= 0.3 is 5.97 Å². The number of alkyl halides is 1. The zero-order valence-corrected chi connectivity index (χ0v) is 31.9. The van der Waals surface area contributed by atoms with Gasteiger partial charge in [-0.15, -0.1) is 0 Å². The van der Waals surface area contributed by atoms with Crippen LogP contribution in [-0.4, -0.2) is 113 Å². The van der Waals surface area contributed by atoms with Crippen LogP contribution in [0.1, 0.15) is 116 Å². The van der Waals surface area contributed by atoms with Gasteiger partial charge in [-0.25, -0.2) is 0 Å². The summed E-state index contributed by atoms with van der Waals surface area (Å²) in [6.45, 7) is 7.39. The van der Waals surface area contributed by atoms with Gasteiger partial charge < -0.3 is 39.4 Å². The van der Waals surface area contributed by atoms with Crippen LogP contribution >= 0.6 is 15.9 Å². The highest BCUT2D eigenvalue weighted by atomic mass is 79.9. The molecular formula is C36H67BrN2O10. The number of carbonyl (C=O) groups excluding carboxylic acids is 3. The lowest BCUT2D eigenvalue weighted by molar-refractivity contribution is -0.144. The molecule has 0 aliphatic carbocycles. The van der Waals surface area contributed by atoms with Crippen molar-refractivity contribution < 1.29 is 48.0 Å². The molecule has 0 heterocycles. The van der Waals surface area contributed by atoms with Crippen molar-refractivity contribution in [2.24, 2.45) is 5.92 Å². The lowest BCUT2D eigenvalue weighted by Gasteiger charge is -2.12. The number of ether oxygens (including phenoxy) is 5. The summed E-state index contributed by atoms with van der Waals surface area (Å²) in [5.41, 5.74) is 0. The van der Waals surface area contributed by atoms with Gasteiger partial charge in [0.25, 0.3) is 0 Å². The number of carbonyl (C=O) groups is 4. The lowest BCUT2D eigenvalue weighted by Crippen LogP contribution is -2.28. The number of rotatable bonds is 39. The van der Waals surface area contributed by atoms with Crippen LogP contribution in [0, 0.1) is 5.92 Å². The van der Waals surface area contributed by atoms with Crippen molar-refractivity contribution in [1.82, 2.24) is 10.6 Å². The molecule has 0 saturated heterocycles. The molecule has 13 heteroatoms. The SMILES string of the molecule is CCCCCCCCCCCCCC(=O)CC(CCCCNC(=O)CCOCCOCCOCCOCCOCCNC(=O)CBr)C(=O)O. The number of hydrogen-bond acceptors (Lipinski definition) is 9. The average Bonchev–Trinajstić information content (AvgIpc) is 3.09. The first-order valence-electron chi connectivity index (χ1n) is 18.6. The quantitative estimate of drug-likeness (QED) is 0.0530. The van der Waals surface area contributed by atoms with Gasteiger partial charge in [-0.2, -0.15) is 0 Å². The van der Waals surface area contributed by atoms with Crippen molar-refractivity contribution in [3.63, 3.8) is 0 Å². The van der Waals surface area contributed by atoms with Crippen molar-refractivity contribution in [3.05, 3.63) is 0 Å². The fourth-order valence-electron chi connectivity index (χ4n) is 4.96. The molecule has 12 nitrogen and oxygen atoms in total. The summed E-state index contributed by atoms with van der Waals surface area (Å²) in [5.74, 6) is -1.71. The van der Waals surface area contributed by atoms with Crippen LogP contribution in [0.5, 0.6) is 0 Å². The number of nitrogens with one attached hydrogen (secondary N) is 2. The molecular weight excluding hydrogens is 700 g/mol. The number of hydrogen-bond donors (Lipinski definition) is 3. The summed E-state index contributed by atoms with van der Waals surface area (Å²) < 4.78 is 27.1. The molecule has 1 unspecified atom stereocenters. The number of carboxylic acids is 1. The number of carboxylic acid groups (broad SMARTS) is 1. The predicted molar refractivity (Wildman–Crippen MR) is 194 cm³/mol. The Morgan fingerprint density at radius 3 is 1.53 bits per heavy atom. The topological polar surface area (TPSA) is 159 Å². The fourth-order valence-corrected chi connectivity index (χ4v) is 5.16. The van der Waals surface area contributed by atoms with Crippen LogP contribution in [-0.2, 0) is 42.9 Å². The molecule has 0 spiro atoms. The van der Waals surface area contributed by atoms with E-state index in [1.165, 1.54) is 51.4 Å². The minimum absolute atomic E-state index is 0.0434. The van der Waals surface area contributed by atoms with E-state index in [2.05, 4.69) is 33.5 Å². The van der Waals surface area contributed by atoms with E-state index in [9.17, 15) is 24.3 Å². The Bertz CT molecular complexity index is 806. The van der Waals surface area contributed by atoms with Crippen LogP contribution in [0.4, 0.5) is 0 Å². The molecule has 1 atom stereocenters. The summed E-state index contributed by atoms with van der Waals surface area (Å²) in [7, 11) is 0. The Labute approximate surface area is 303 Å². The average molecular weight is 768 g/mol. The number of ketones is 1. The van der Waals surface area contributed by atoms with Crippen molar-refractivity contribution in [2.45, 2.75) is 116 Å². The van der Waals surface area contributed by atoms with Crippen LogP contribution < -0.4 is 10.6 Å². The second kappa shape index (κ2) is 37.6. The first-order chi connectivity index (χ1) is 23.9. The molecule has 0 bridgehead atoms. The maximum Gasteiger partial charge on any atom is 0.306 e. The number of halogens is 1. The monoisotopic (exact) mass is 766 g/mol. The van der Waals surface area contributed by atoms with Gasteiger partial charge in [0, 0.05) is 32.4 Å². The Hall–Kier alpha value is -1.64. The lowest BCUT2D eigenvalue weighted by atomic mass is 9.94. The van der Waals surface area contributed by atoms with Gasteiger partial charge in [-0.3, -0.25) is 19.2 Å². The van der Waals surface area contributed by atoms with E-state index in [-0.39, 0.29) is 35.8 Å². The molecule has 0 aromatic heterocycles. The van der Waals surface area contributed by atoms with E-state index in [4.69, 9.17) is 23.7 Å². The van der Waals surface area contributed by atoms with E-state index in [1.807, 2.05) is 0 Å². The summed E-state index contributed by atoms with van der Waals surface area (Å²) in [6.07, 6.45) is 16.0. The molecule has 0 aromatic rings. The number of amides is 2. The first kappa shape index (κ1) is 47.4. The molecule has 0 rings (SSSR count). The fraction of sp³-hybridized carbons (Fsp3) is 0.889. The molecule has 0 aliphatic heterocycles. The van der Waals surface area contributed by atoms with Crippen LogP contribution in [0.2, 0.25) is 0 Å². The summed E-state index contributed by atoms with van der Waals surface area (Å²) in [5, 5.41) is 15.4. The Morgan fingerprint density at radius 1 is 0.551 bits per heavy atom. The minimum Gasteiger partial charge on any atom is -0.481 e. The molecule has 49 heavy (non-hydrogen) atoms. The van der Waals surface area contributed by atoms with Gasteiger partial charge in [0.05, 0.1) is 77.3 Å². The highest BCUT2D eigenvalue weighted by molar-refractivity contribution is 9.09. The van der Waals surface area contributed by atoms with E-state index in [1.54, 1.807) is 0 Å². The van der Waals surface area contributed by atoms with E-state index >= 15 is 0 Å². The smallest absolute Gasteiger partial charge is 0.306 e. The van der Waals surface area contributed by atoms with Crippen molar-refractivity contribution in [2.75, 3.05) is 84.5 Å². The van der Waals surface area contributed by atoms with Gasteiger partial charge in [0.2, 0.25) is 11.8 Å². The van der Waals surface area contributed by atoms with E-state index in [0.717, 1.165) is 19.3 Å². The summed E-state index contributed by atoms with van der Waals surface area (Å²) in [4.78, 5) is 47.1. The molecule has 0 radical (unpaired) electrons. The Kier molecular flexibility index (Phi) is 36.4. The summed E-state index contributed by atoms with van der Waals surface area (Å²) in [6, 6.07) is 0. The van der Waals surface area contributed by atoms with Crippen molar-refractivity contribution >= 4 is 39.5 Å². The molecule has 3 N–H and O–H groups in total. The van der Waals surface area contributed by atoms with E-state index < -0.39 is 11.9 Å². The first-order valence-corrected chi connectivity index (χ1v) is 19.7. The highest BCUT2D eigenvalue weighted by Gasteiger charge is 2.20. The molecule has 2 amide bonds. The number of aliphatic carboxylic acids is 1. The Balaban J connectivity index is 3.53. The third-order valence-electron chi connectivity index (χ3n) is 7.84. The summed E-state index contributed by atoms with van der Waals surface area (Å²) >= 11 is 3.07. The van der Waals surface area contributed by atoms with E-state index in [0.29, 0.717) is 105 Å².